The van der Waals surface area contributed by atoms with Gasteiger partial charge in [-0.05, 0) is 105 Å². The highest BCUT2D eigenvalue weighted by Gasteiger charge is 2.20. The van der Waals surface area contributed by atoms with E-state index in [2.05, 4.69) is 80.0 Å². The van der Waals surface area contributed by atoms with Crippen LogP contribution in [0.15, 0.2) is 35.3 Å². The quantitative estimate of drug-likeness (QED) is 0.403. The highest BCUT2D eigenvalue weighted by Crippen LogP contribution is 2.34. The van der Waals surface area contributed by atoms with Gasteiger partial charge in [0.2, 0.25) is 0 Å². The number of aryl methyl sites for hydroxylation is 1. The smallest absolute Gasteiger partial charge is 0.101 e. The number of hydrogen-bond acceptors (Lipinski definition) is 3. The van der Waals surface area contributed by atoms with Crippen molar-refractivity contribution in [1.82, 2.24) is 10.2 Å². The maximum Gasteiger partial charge on any atom is 0.101 e. The number of likely N-dealkylation sites (tertiary alicyclic amines) is 1. The van der Waals surface area contributed by atoms with Crippen molar-refractivity contribution < 1.29 is 0 Å². The van der Waals surface area contributed by atoms with Crippen LogP contribution in [0.4, 0.5) is 0 Å². The van der Waals surface area contributed by atoms with E-state index in [9.17, 15) is 0 Å². The molecule has 1 aromatic carbocycles. The zero-order valence-corrected chi connectivity index (χ0v) is 21.2. The first-order valence-electron chi connectivity index (χ1n) is 13.2. The summed E-state index contributed by atoms with van der Waals surface area (Å²) in [6.45, 7) is 17.4. The van der Waals surface area contributed by atoms with Gasteiger partial charge < -0.3 is 4.90 Å². The summed E-state index contributed by atoms with van der Waals surface area (Å²) in [5, 5.41) is 3.53. The molecule has 3 heteroatoms. The van der Waals surface area contributed by atoms with Gasteiger partial charge in [-0.25, -0.2) is 0 Å². The minimum Gasteiger partial charge on any atom is -0.302 e. The van der Waals surface area contributed by atoms with Gasteiger partial charge in [-0.3, -0.25) is 10.3 Å². The molecule has 1 aliphatic carbocycles. The van der Waals surface area contributed by atoms with Crippen LogP contribution in [0, 0.1) is 23.7 Å². The highest BCUT2D eigenvalue weighted by molar-refractivity contribution is 5.66. The zero-order chi connectivity index (χ0) is 22.9. The minimum atomic E-state index is 0.185. The molecule has 1 aromatic rings. The van der Waals surface area contributed by atoms with Crippen LogP contribution in [-0.2, 0) is 6.42 Å². The molecule has 0 spiro atoms. The Hall–Kier alpha value is -1.45. The molecular weight excluding hydrogens is 390 g/mol. The van der Waals surface area contributed by atoms with E-state index in [-0.39, 0.29) is 6.17 Å². The third-order valence-electron chi connectivity index (χ3n) is 7.88. The molecule has 2 aliphatic rings. The Labute approximate surface area is 197 Å². The fourth-order valence-electron chi connectivity index (χ4n) is 5.36. The van der Waals surface area contributed by atoms with Crippen LogP contribution in [0.2, 0.25) is 0 Å². The van der Waals surface area contributed by atoms with Crippen molar-refractivity contribution in [1.29, 1.82) is 0 Å². The van der Waals surface area contributed by atoms with Gasteiger partial charge in [0.1, 0.15) is 6.17 Å². The van der Waals surface area contributed by atoms with Crippen LogP contribution in [-0.4, -0.2) is 44.0 Å². The lowest BCUT2D eigenvalue weighted by atomic mass is 9.80. The van der Waals surface area contributed by atoms with Crippen molar-refractivity contribution in [3.63, 3.8) is 0 Å². The van der Waals surface area contributed by atoms with Gasteiger partial charge in [-0.15, -0.1) is 0 Å². The summed E-state index contributed by atoms with van der Waals surface area (Å²) >= 11 is 0. The Bertz CT molecular complexity index is 710. The van der Waals surface area contributed by atoms with E-state index < -0.39 is 0 Å². The molecule has 0 aromatic heterocycles. The maximum absolute atomic E-state index is 4.19. The van der Waals surface area contributed by atoms with Crippen LogP contribution in [0.5, 0.6) is 0 Å². The molecule has 3 nitrogen and oxygen atoms in total. The molecule has 0 saturated carbocycles. The van der Waals surface area contributed by atoms with E-state index in [1.807, 2.05) is 0 Å². The van der Waals surface area contributed by atoms with Gasteiger partial charge in [-0.2, -0.15) is 0 Å². The third kappa shape index (κ3) is 7.56. The Kier molecular flexibility index (Phi) is 9.99. The van der Waals surface area contributed by atoms with E-state index in [4.69, 9.17) is 0 Å². The van der Waals surface area contributed by atoms with Crippen molar-refractivity contribution in [3.05, 3.63) is 41.5 Å². The minimum absolute atomic E-state index is 0.185. The Morgan fingerprint density at radius 2 is 1.78 bits per heavy atom. The fourth-order valence-corrected chi connectivity index (χ4v) is 5.36. The van der Waals surface area contributed by atoms with Gasteiger partial charge in [0.25, 0.3) is 0 Å². The van der Waals surface area contributed by atoms with Gasteiger partial charge in [0.05, 0.1) is 0 Å². The number of piperidine rings is 1. The number of hydrogen-bond donors (Lipinski definition) is 1. The number of rotatable bonds is 11. The average molecular weight is 438 g/mol. The Balaban J connectivity index is 1.35. The van der Waals surface area contributed by atoms with Crippen LogP contribution < -0.4 is 5.32 Å². The normalized spacial score (nSPS) is 21.7. The van der Waals surface area contributed by atoms with E-state index in [1.165, 1.54) is 69.2 Å². The van der Waals surface area contributed by atoms with Gasteiger partial charge in [0, 0.05) is 13.1 Å². The first-order chi connectivity index (χ1) is 15.5. The SMILES string of the molecule is C=NC(NCCN1CCC(CCc2ccc(C3=CCC(C(C)C)CC3)cc2)CC1)C(C)C. The summed E-state index contributed by atoms with van der Waals surface area (Å²) in [5.41, 5.74) is 4.52. The first-order valence-corrected chi connectivity index (χ1v) is 13.2. The lowest BCUT2D eigenvalue weighted by molar-refractivity contribution is 0.177. The zero-order valence-electron chi connectivity index (χ0n) is 21.2. The molecule has 3 rings (SSSR count). The van der Waals surface area contributed by atoms with Gasteiger partial charge >= 0.3 is 0 Å². The van der Waals surface area contributed by atoms with E-state index >= 15 is 0 Å². The van der Waals surface area contributed by atoms with Gasteiger partial charge in [-0.1, -0.05) is 58.0 Å². The molecule has 2 unspecified atom stereocenters. The standard InChI is InChI=1S/C29H47N3/c1-22(2)26-12-14-28(15-13-26)27-10-8-24(9-11-27)6-7-25-16-19-32(20-17-25)21-18-31-29(30-5)23(3)4/h8-11,14,22-23,25-26,29,31H,5-7,12-13,15-21H2,1-4H3. The Morgan fingerprint density at radius 3 is 2.34 bits per heavy atom. The average Bonchev–Trinajstić information content (AvgIpc) is 2.81. The Morgan fingerprint density at radius 1 is 1.06 bits per heavy atom. The van der Waals surface area contributed by atoms with Crippen LogP contribution >= 0.6 is 0 Å². The predicted octanol–water partition coefficient (Wildman–Crippen LogP) is 6.44. The summed E-state index contributed by atoms with van der Waals surface area (Å²) in [4.78, 5) is 6.81. The summed E-state index contributed by atoms with van der Waals surface area (Å²) < 4.78 is 0. The second kappa shape index (κ2) is 12.7. The fraction of sp³-hybridized carbons (Fsp3) is 0.690. The molecular formula is C29H47N3. The van der Waals surface area contributed by atoms with Crippen molar-refractivity contribution in [2.45, 2.75) is 78.8 Å². The van der Waals surface area contributed by atoms with Crippen molar-refractivity contribution in [3.8, 4) is 0 Å². The summed E-state index contributed by atoms with van der Waals surface area (Å²) in [6, 6.07) is 9.50. The molecule has 1 saturated heterocycles. The number of nitrogens with one attached hydrogen (secondary N) is 1. The number of allylic oxidation sites excluding steroid dienone is 2. The number of nitrogens with zero attached hydrogens (tertiary/aromatic N) is 2. The number of aliphatic imine (C=N–C) groups is 1. The molecule has 1 heterocycles. The lowest BCUT2D eigenvalue weighted by Crippen LogP contribution is -2.41. The highest BCUT2D eigenvalue weighted by atomic mass is 15.2. The summed E-state index contributed by atoms with van der Waals surface area (Å²) in [6.07, 6.45) is 11.8. The molecule has 1 aliphatic heterocycles. The predicted molar refractivity (Wildman–Crippen MR) is 140 cm³/mol. The van der Waals surface area contributed by atoms with Crippen LogP contribution in [0.3, 0.4) is 0 Å². The third-order valence-corrected chi connectivity index (χ3v) is 7.88. The largest absolute Gasteiger partial charge is 0.302 e. The van der Waals surface area contributed by atoms with Crippen molar-refractivity contribution >= 4 is 12.3 Å². The molecule has 178 valence electrons. The summed E-state index contributed by atoms with van der Waals surface area (Å²) in [5.74, 6) is 3.07. The second-order valence-electron chi connectivity index (χ2n) is 10.9. The lowest BCUT2D eigenvalue weighted by Gasteiger charge is -2.32. The second-order valence-corrected chi connectivity index (χ2v) is 10.9. The molecule has 32 heavy (non-hydrogen) atoms. The van der Waals surface area contributed by atoms with Crippen LogP contribution in [0.1, 0.15) is 77.3 Å². The topological polar surface area (TPSA) is 27.6 Å². The first kappa shape index (κ1) is 25.2. The van der Waals surface area contributed by atoms with Crippen LogP contribution in [0.25, 0.3) is 5.57 Å². The molecule has 0 amide bonds. The molecule has 0 bridgehead atoms. The van der Waals surface area contributed by atoms with Crippen molar-refractivity contribution in [2.75, 3.05) is 26.2 Å². The monoisotopic (exact) mass is 437 g/mol. The summed E-state index contributed by atoms with van der Waals surface area (Å²) in [7, 11) is 0. The van der Waals surface area contributed by atoms with E-state index in [1.54, 1.807) is 5.57 Å². The molecule has 0 radical (unpaired) electrons. The molecule has 1 N–H and O–H groups in total. The molecule has 2 atom stereocenters. The maximum atomic E-state index is 4.19. The molecule has 1 fully saturated rings. The number of benzene rings is 1. The van der Waals surface area contributed by atoms with Crippen molar-refractivity contribution in [2.24, 2.45) is 28.7 Å². The van der Waals surface area contributed by atoms with Gasteiger partial charge in [0.15, 0.2) is 0 Å². The van der Waals surface area contributed by atoms with E-state index in [0.717, 1.165) is 30.8 Å². The van der Waals surface area contributed by atoms with E-state index in [0.29, 0.717) is 5.92 Å².